The van der Waals surface area contributed by atoms with Crippen molar-refractivity contribution in [2.45, 2.75) is 25.7 Å². The van der Waals surface area contributed by atoms with Crippen LogP contribution in [0.25, 0.3) is 0 Å². The second-order valence-electron chi connectivity index (χ2n) is 5.33. The summed E-state index contributed by atoms with van der Waals surface area (Å²) in [7, 11) is 3.24. The average Bonchev–Trinajstić information content (AvgIpc) is 2.99. The minimum absolute atomic E-state index is 0.300. The lowest BCUT2D eigenvalue weighted by molar-refractivity contribution is -0.454. The average molecular weight is 276 g/mol. The fraction of sp³-hybridized carbons (Fsp3) is 0.533. The zero-order valence-electron chi connectivity index (χ0n) is 11.9. The van der Waals surface area contributed by atoms with Crippen LogP contribution in [0, 0.1) is 11.1 Å². The topological polar surface area (TPSA) is 56.6 Å². The molecule has 1 N–H and O–H groups in total. The number of hydroxylamine groups is 1. The van der Waals surface area contributed by atoms with Gasteiger partial charge in [0.05, 0.1) is 25.5 Å². The van der Waals surface area contributed by atoms with Crippen molar-refractivity contribution in [3.63, 3.8) is 0 Å². The van der Waals surface area contributed by atoms with Crippen molar-refractivity contribution in [2.24, 2.45) is 5.92 Å². The van der Waals surface area contributed by atoms with Gasteiger partial charge < -0.3 is 20.0 Å². The van der Waals surface area contributed by atoms with Crippen molar-refractivity contribution in [1.29, 1.82) is 0 Å². The lowest BCUT2D eigenvalue weighted by Crippen LogP contribution is -2.33. The number of hydrogen-bond donors (Lipinski definition) is 1. The van der Waals surface area contributed by atoms with Gasteiger partial charge in [0.1, 0.15) is 0 Å². The predicted molar refractivity (Wildman–Crippen MR) is 77.7 cm³/mol. The molecule has 5 heteroatoms. The number of nitrogens with one attached hydrogen (secondary N) is 1. The van der Waals surface area contributed by atoms with Gasteiger partial charge in [0, 0.05) is 12.0 Å². The maximum atomic E-state index is 12.2. The van der Waals surface area contributed by atoms with Gasteiger partial charge in [-0.2, -0.15) is 4.74 Å². The number of benzene rings is 1. The molecule has 1 aromatic carbocycles. The Balaban J connectivity index is 2.09. The lowest BCUT2D eigenvalue weighted by atomic mass is 9.92. The molecule has 1 aliphatic carbocycles. The van der Waals surface area contributed by atoms with Crippen molar-refractivity contribution in [1.82, 2.24) is 0 Å². The molecule has 3 rings (SSSR count). The largest absolute Gasteiger partial charge is 0.622 e. The molecule has 0 spiro atoms. The molecule has 0 bridgehead atoms. The summed E-state index contributed by atoms with van der Waals surface area (Å²) in [5.74, 6) is 1.72. The van der Waals surface area contributed by atoms with E-state index in [0.29, 0.717) is 24.1 Å². The number of hydrogen-bond acceptors (Lipinski definition) is 4. The molecule has 0 atom stereocenters. The molecule has 0 aromatic heterocycles. The van der Waals surface area contributed by atoms with Crippen LogP contribution in [0.1, 0.15) is 31.2 Å². The van der Waals surface area contributed by atoms with Crippen molar-refractivity contribution in [2.75, 3.05) is 26.2 Å². The standard InChI is InChI=1S/C15H20N2O3/c1-19-13-7-11-12(8-14(13)20-2)16-9-17(18)15(11)10-5-3-4-6-10/h7-8,10,16H,3-6,9H2,1-2H3. The molecule has 1 saturated carbocycles. The van der Waals surface area contributed by atoms with Crippen LogP contribution in [0.4, 0.5) is 5.69 Å². The van der Waals surface area contributed by atoms with Crippen LogP contribution in [0.5, 0.6) is 11.5 Å². The normalized spacial score (nSPS) is 18.7. The summed E-state index contributed by atoms with van der Waals surface area (Å²) in [4.78, 5) is 0. The van der Waals surface area contributed by atoms with Gasteiger partial charge in [-0.3, -0.25) is 0 Å². The van der Waals surface area contributed by atoms with Gasteiger partial charge in [-0.15, -0.1) is 0 Å². The molecular formula is C15H20N2O3. The Hall–Kier alpha value is -1.91. The predicted octanol–water partition coefficient (Wildman–Crippen LogP) is 2.58. The molecule has 5 nitrogen and oxygen atoms in total. The van der Waals surface area contributed by atoms with E-state index in [0.717, 1.165) is 34.5 Å². The Morgan fingerprint density at radius 3 is 2.45 bits per heavy atom. The van der Waals surface area contributed by atoms with Crippen LogP contribution < -0.4 is 14.8 Å². The fourth-order valence-corrected chi connectivity index (χ4v) is 3.24. The summed E-state index contributed by atoms with van der Waals surface area (Å²) in [6, 6.07) is 3.83. The summed E-state index contributed by atoms with van der Waals surface area (Å²) in [5.41, 5.74) is 2.81. The maximum Gasteiger partial charge on any atom is 0.226 e. The Morgan fingerprint density at radius 2 is 1.80 bits per heavy atom. The minimum Gasteiger partial charge on any atom is -0.622 e. The van der Waals surface area contributed by atoms with Gasteiger partial charge in [-0.25, -0.2) is 0 Å². The van der Waals surface area contributed by atoms with Crippen LogP contribution in [0.2, 0.25) is 0 Å². The third-order valence-electron chi connectivity index (χ3n) is 4.22. The zero-order chi connectivity index (χ0) is 14.1. The van der Waals surface area contributed by atoms with E-state index in [1.165, 1.54) is 12.8 Å². The Labute approximate surface area is 118 Å². The third kappa shape index (κ3) is 2.07. The Kier molecular flexibility index (Phi) is 3.42. The van der Waals surface area contributed by atoms with Crippen molar-refractivity contribution in [3.05, 3.63) is 22.9 Å². The highest BCUT2D eigenvalue weighted by atomic mass is 16.5. The first-order valence-electron chi connectivity index (χ1n) is 7.06. The molecule has 1 fully saturated rings. The number of rotatable bonds is 3. The number of ether oxygens (including phenoxy) is 2. The van der Waals surface area contributed by atoms with Gasteiger partial charge in [0.2, 0.25) is 12.4 Å². The molecule has 0 radical (unpaired) electrons. The number of nitrogens with zero attached hydrogens (tertiary/aromatic N) is 1. The molecule has 0 saturated heterocycles. The fourth-order valence-electron chi connectivity index (χ4n) is 3.24. The van der Waals surface area contributed by atoms with Crippen molar-refractivity contribution in [3.8, 4) is 11.5 Å². The van der Waals surface area contributed by atoms with Crippen LogP contribution in [-0.4, -0.2) is 31.3 Å². The van der Waals surface area contributed by atoms with E-state index in [1.54, 1.807) is 14.2 Å². The summed E-state index contributed by atoms with van der Waals surface area (Å²) in [6.07, 6.45) is 4.61. The van der Waals surface area contributed by atoms with E-state index in [4.69, 9.17) is 9.47 Å². The van der Waals surface area contributed by atoms with E-state index in [9.17, 15) is 5.21 Å². The second-order valence-corrected chi connectivity index (χ2v) is 5.33. The monoisotopic (exact) mass is 276 g/mol. The molecule has 0 amide bonds. The minimum atomic E-state index is 0.300. The molecule has 1 aromatic rings. The quantitative estimate of drug-likeness (QED) is 0.681. The van der Waals surface area contributed by atoms with E-state index in [2.05, 4.69) is 5.32 Å². The number of fused-ring (bicyclic) bond motifs is 1. The van der Waals surface area contributed by atoms with E-state index >= 15 is 0 Å². The van der Waals surface area contributed by atoms with Crippen molar-refractivity contribution < 1.29 is 14.2 Å². The van der Waals surface area contributed by atoms with E-state index in [1.807, 2.05) is 12.1 Å². The highest BCUT2D eigenvalue weighted by Crippen LogP contribution is 2.38. The van der Waals surface area contributed by atoms with Crippen molar-refractivity contribution >= 4 is 11.4 Å². The first-order chi connectivity index (χ1) is 9.74. The zero-order valence-corrected chi connectivity index (χ0v) is 11.9. The summed E-state index contributed by atoms with van der Waals surface area (Å²) in [5, 5.41) is 15.4. The van der Waals surface area contributed by atoms with E-state index < -0.39 is 0 Å². The second kappa shape index (κ2) is 5.23. The van der Waals surface area contributed by atoms with Gasteiger partial charge in [-0.05, 0) is 18.9 Å². The summed E-state index contributed by atoms with van der Waals surface area (Å²) in [6.45, 7) is 0.300. The van der Waals surface area contributed by atoms with E-state index in [-0.39, 0.29) is 0 Å². The molecule has 2 aliphatic rings. The van der Waals surface area contributed by atoms with Crippen LogP contribution in [0.15, 0.2) is 12.1 Å². The van der Waals surface area contributed by atoms with Crippen LogP contribution >= 0.6 is 0 Å². The molecule has 108 valence electrons. The highest BCUT2D eigenvalue weighted by Gasteiger charge is 2.33. The molecule has 20 heavy (non-hydrogen) atoms. The highest BCUT2D eigenvalue weighted by molar-refractivity contribution is 6.05. The third-order valence-corrected chi connectivity index (χ3v) is 4.22. The van der Waals surface area contributed by atoms with Gasteiger partial charge in [0.15, 0.2) is 11.5 Å². The summed E-state index contributed by atoms with van der Waals surface area (Å²) < 4.78 is 11.8. The Morgan fingerprint density at radius 1 is 1.15 bits per heavy atom. The molecule has 1 aliphatic heterocycles. The van der Waals surface area contributed by atoms with Gasteiger partial charge in [0.25, 0.3) is 0 Å². The number of methoxy groups -OCH3 is 2. The molecule has 0 unspecified atom stereocenters. The first kappa shape index (κ1) is 13.1. The molecule has 1 heterocycles. The lowest BCUT2D eigenvalue weighted by Gasteiger charge is -2.24. The molecular weight excluding hydrogens is 256 g/mol. The van der Waals surface area contributed by atoms with Gasteiger partial charge in [-0.1, -0.05) is 12.8 Å². The van der Waals surface area contributed by atoms with Crippen LogP contribution in [-0.2, 0) is 0 Å². The first-order valence-corrected chi connectivity index (χ1v) is 7.06. The van der Waals surface area contributed by atoms with Gasteiger partial charge >= 0.3 is 0 Å². The number of anilines is 1. The Bertz CT molecular complexity index is 548. The SMILES string of the molecule is COc1cc2c(cc1OC)C(C1CCCC1)=[N+]([O-])CN2. The smallest absolute Gasteiger partial charge is 0.226 e. The maximum absolute atomic E-state index is 12.2. The summed E-state index contributed by atoms with van der Waals surface area (Å²) >= 11 is 0. The van der Waals surface area contributed by atoms with Crippen LogP contribution in [0.3, 0.4) is 0 Å².